The second-order valence-corrected chi connectivity index (χ2v) is 10.3. The van der Waals surface area contributed by atoms with E-state index in [4.69, 9.17) is 0 Å². The van der Waals surface area contributed by atoms with Crippen LogP contribution in [0.1, 0.15) is 60.9 Å². The molecule has 0 aliphatic heterocycles. The maximum atomic E-state index is 12.9. The third-order valence-corrected chi connectivity index (χ3v) is 7.47. The summed E-state index contributed by atoms with van der Waals surface area (Å²) < 4.78 is 0. The standard InChI is InChI=1S/C27H33N3O3S/c31-25(28-16-19-7-2-1-3-8-19)18-34-24-12-5-4-11-23(24)27(33)29-17-20-9-6-10-22(15-20)30-26(32)21-13-14-21/h4-6,9-12,15,19,21H,1-3,7-8,13-14,16-18H2,(H,28,31)(H,29,33)(H,30,32). The molecule has 6 nitrogen and oxygen atoms in total. The molecular weight excluding hydrogens is 446 g/mol. The number of carbonyl (C=O) groups excluding carboxylic acids is 3. The van der Waals surface area contributed by atoms with E-state index in [0.29, 0.717) is 23.8 Å². The van der Waals surface area contributed by atoms with Gasteiger partial charge in [-0.1, -0.05) is 43.5 Å². The predicted molar refractivity (Wildman–Crippen MR) is 136 cm³/mol. The van der Waals surface area contributed by atoms with E-state index in [1.54, 1.807) is 6.07 Å². The summed E-state index contributed by atoms with van der Waals surface area (Å²) in [6.07, 6.45) is 8.15. The van der Waals surface area contributed by atoms with Gasteiger partial charge in [0.2, 0.25) is 11.8 Å². The van der Waals surface area contributed by atoms with Crippen LogP contribution < -0.4 is 16.0 Å². The Morgan fingerprint density at radius 2 is 1.68 bits per heavy atom. The summed E-state index contributed by atoms with van der Waals surface area (Å²) in [7, 11) is 0. The quantitative estimate of drug-likeness (QED) is 0.429. The number of hydrogen-bond donors (Lipinski definition) is 3. The third kappa shape index (κ3) is 7.35. The van der Waals surface area contributed by atoms with Crippen molar-refractivity contribution in [3.63, 3.8) is 0 Å². The van der Waals surface area contributed by atoms with Crippen LogP contribution in [-0.2, 0) is 16.1 Å². The van der Waals surface area contributed by atoms with Crippen LogP contribution >= 0.6 is 11.8 Å². The van der Waals surface area contributed by atoms with Crippen molar-refractivity contribution in [2.24, 2.45) is 11.8 Å². The first kappa shape index (κ1) is 24.3. The zero-order valence-corrected chi connectivity index (χ0v) is 20.3. The van der Waals surface area contributed by atoms with Crippen molar-refractivity contribution in [2.75, 3.05) is 17.6 Å². The van der Waals surface area contributed by atoms with Crippen molar-refractivity contribution >= 4 is 35.2 Å². The van der Waals surface area contributed by atoms with Gasteiger partial charge in [-0.25, -0.2) is 0 Å². The number of carbonyl (C=O) groups is 3. The van der Waals surface area contributed by atoms with Gasteiger partial charge in [0.15, 0.2) is 0 Å². The highest BCUT2D eigenvalue weighted by Gasteiger charge is 2.29. The largest absolute Gasteiger partial charge is 0.355 e. The molecule has 2 aliphatic carbocycles. The maximum Gasteiger partial charge on any atom is 0.252 e. The van der Waals surface area contributed by atoms with Crippen LogP contribution in [0.2, 0.25) is 0 Å². The van der Waals surface area contributed by atoms with E-state index < -0.39 is 0 Å². The molecule has 0 spiro atoms. The summed E-state index contributed by atoms with van der Waals surface area (Å²) in [4.78, 5) is 38.0. The van der Waals surface area contributed by atoms with Gasteiger partial charge in [-0.05, 0) is 61.4 Å². The van der Waals surface area contributed by atoms with E-state index in [2.05, 4.69) is 16.0 Å². The van der Waals surface area contributed by atoms with Gasteiger partial charge in [-0.2, -0.15) is 0 Å². The van der Waals surface area contributed by atoms with Crippen LogP contribution in [0.15, 0.2) is 53.4 Å². The minimum atomic E-state index is -0.182. The fourth-order valence-corrected chi connectivity index (χ4v) is 5.13. The number of amides is 3. The van der Waals surface area contributed by atoms with E-state index in [0.717, 1.165) is 35.5 Å². The predicted octanol–water partition coefficient (Wildman–Crippen LogP) is 4.75. The van der Waals surface area contributed by atoms with Crippen LogP contribution in [0.25, 0.3) is 0 Å². The van der Waals surface area contributed by atoms with Gasteiger partial charge in [0, 0.05) is 29.6 Å². The molecule has 34 heavy (non-hydrogen) atoms. The molecule has 0 saturated heterocycles. The number of benzene rings is 2. The maximum absolute atomic E-state index is 12.9. The lowest BCUT2D eigenvalue weighted by Crippen LogP contribution is -2.31. The van der Waals surface area contributed by atoms with Crippen LogP contribution in [0.4, 0.5) is 5.69 Å². The van der Waals surface area contributed by atoms with Gasteiger partial charge in [0.05, 0.1) is 11.3 Å². The molecule has 0 heterocycles. The summed E-state index contributed by atoms with van der Waals surface area (Å²) in [6, 6.07) is 14.9. The molecule has 2 aliphatic rings. The number of nitrogens with one attached hydrogen (secondary N) is 3. The zero-order chi connectivity index (χ0) is 23.8. The first-order chi connectivity index (χ1) is 16.6. The van der Waals surface area contributed by atoms with Crippen molar-refractivity contribution in [1.82, 2.24) is 10.6 Å². The average Bonchev–Trinajstić information content (AvgIpc) is 3.72. The Bertz CT molecular complexity index is 1020. The van der Waals surface area contributed by atoms with E-state index in [9.17, 15) is 14.4 Å². The molecule has 3 amide bonds. The van der Waals surface area contributed by atoms with Crippen molar-refractivity contribution in [1.29, 1.82) is 0 Å². The molecule has 4 rings (SSSR count). The number of hydrogen-bond acceptors (Lipinski definition) is 4. The molecule has 0 aromatic heterocycles. The highest BCUT2D eigenvalue weighted by molar-refractivity contribution is 8.00. The van der Waals surface area contributed by atoms with E-state index >= 15 is 0 Å². The van der Waals surface area contributed by atoms with Crippen molar-refractivity contribution in [3.8, 4) is 0 Å². The molecule has 2 saturated carbocycles. The van der Waals surface area contributed by atoms with Gasteiger partial charge >= 0.3 is 0 Å². The Kier molecular flexibility index (Phi) is 8.63. The molecule has 0 bridgehead atoms. The third-order valence-electron chi connectivity index (χ3n) is 6.40. The van der Waals surface area contributed by atoms with E-state index in [-0.39, 0.29) is 23.6 Å². The molecule has 0 radical (unpaired) electrons. The van der Waals surface area contributed by atoms with E-state index in [1.165, 1.54) is 43.9 Å². The molecule has 0 unspecified atom stereocenters. The Balaban J connectivity index is 1.26. The summed E-state index contributed by atoms with van der Waals surface area (Å²) in [5.41, 5.74) is 2.22. The van der Waals surface area contributed by atoms with Crippen molar-refractivity contribution < 1.29 is 14.4 Å². The number of anilines is 1. The lowest BCUT2D eigenvalue weighted by molar-refractivity contribution is -0.119. The first-order valence-electron chi connectivity index (χ1n) is 12.2. The summed E-state index contributed by atoms with van der Waals surface area (Å²) >= 11 is 1.39. The fraction of sp³-hybridized carbons (Fsp3) is 0.444. The van der Waals surface area contributed by atoms with Gasteiger partial charge in [-0.15, -0.1) is 11.8 Å². The molecule has 7 heteroatoms. The van der Waals surface area contributed by atoms with Gasteiger partial charge < -0.3 is 16.0 Å². The van der Waals surface area contributed by atoms with Gasteiger partial charge in [0.1, 0.15) is 0 Å². The summed E-state index contributed by atoms with van der Waals surface area (Å²) in [5.74, 6) is 0.927. The first-order valence-corrected chi connectivity index (χ1v) is 13.2. The molecule has 0 atom stereocenters. The summed E-state index contributed by atoms with van der Waals surface area (Å²) in [6.45, 7) is 1.11. The van der Waals surface area contributed by atoms with Crippen LogP contribution in [0.3, 0.4) is 0 Å². The van der Waals surface area contributed by atoms with Gasteiger partial charge in [0.25, 0.3) is 5.91 Å². The van der Waals surface area contributed by atoms with E-state index in [1.807, 2.05) is 42.5 Å². The Morgan fingerprint density at radius 3 is 2.47 bits per heavy atom. The van der Waals surface area contributed by atoms with Crippen molar-refractivity contribution in [3.05, 3.63) is 59.7 Å². The van der Waals surface area contributed by atoms with Crippen molar-refractivity contribution in [2.45, 2.75) is 56.4 Å². The lowest BCUT2D eigenvalue weighted by Gasteiger charge is -2.21. The zero-order valence-electron chi connectivity index (χ0n) is 19.5. The summed E-state index contributed by atoms with van der Waals surface area (Å²) in [5, 5.41) is 8.96. The highest BCUT2D eigenvalue weighted by Crippen LogP contribution is 2.30. The molecular formula is C27H33N3O3S. The van der Waals surface area contributed by atoms with Gasteiger partial charge in [-0.3, -0.25) is 14.4 Å². The van der Waals surface area contributed by atoms with Crippen LogP contribution in [0, 0.1) is 11.8 Å². The smallest absolute Gasteiger partial charge is 0.252 e. The minimum Gasteiger partial charge on any atom is -0.355 e. The molecule has 2 fully saturated rings. The van der Waals surface area contributed by atoms with Crippen LogP contribution in [-0.4, -0.2) is 30.0 Å². The Labute approximate surface area is 205 Å². The topological polar surface area (TPSA) is 87.3 Å². The fourth-order valence-electron chi connectivity index (χ4n) is 4.25. The molecule has 180 valence electrons. The number of rotatable bonds is 10. The SMILES string of the molecule is O=C(CSc1ccccc1C(=O)NCc1cccc(NC(=O)C2CC2)c1)NCC1CCCCC1. The normalized spacial score (nSPS) is 16.0. The minimum absolute atomic E-state index is 0.0100. The second kappa shape index (κ2) is 12.1. The Hall–Kier alpha value is -2.80. The Morgan fingerprint density at radius 1 is 0.882 bits per heavy atom. The number of thioether (sulfide) groups is 1. The van der Waals surface area contributed by atoms with Crippen LogP contribution in [0.5, 0.6) is 0 Å². The molecule has 2 aromatic carbocycles. The molecule has 3 N–H and O–H groups in total. The molecule has 2 aromatic rings. The monoisotopic (exact) mass is 479 g/mol. The lowest BCUT2D eigenvalue weighted by atomic mass is 9.89. The second-order valence-electron chi connectivity index (χ2n) is 9.24. The highest BCUT2D eigenvalue weighted by atomic mass is 32.2. The average molecular weight is 480 g/mol.